The van der Waals surface area contributed by atoms with E-state index in [2.05, 4.69) is 29.2 Å². The first-order valence-electron chi connectivity index (χ1n) is 8.63. The number of benzene rings is 2. The molecule has 2 aliphatic heterocycles. The van der Waals surface area contributed by atoms with Crippen LogP contribution < -0.4 is 0 Å². The van der Waals surface area contributed by atoms with E-state index in [1.807, 2.05) is 18.2 Å². The van der Waals surface area contributed by atoms with Gasteiger partial charge < -0.3 is 4.90 Å². The molecule has 2 atom stereocenters. The largest absolute Gasteiger partial charge is 0.336 e. The van der Waals surface area contributed by atoms with Crippen LogP contribution in [0.5, 0.6) is 0 Å². The normalized spacial score (nSPS) is 25.9. The minimum Gasteiger partial charge on any atom is -0.336 e. The molecule has 4 rings (SSSR count). The first kappa shape index (κ1) is 16.5. The molecule has 1 amide bonds. The lowest BCUT2D eigenvalue weighted by molar-refractivity contribution is -0.134. The van der Waals surface area contributed by atoms with Crippen LogP contribution in [0, 0.1) is 0 Å². The van der Waals surface area contributed by atoms with Gasteiger partial charge in [-0.05, 0) is 16.3 Å². The van der Waals surface area contributed by atoms with E-state index in [9.17, 15) is 13.2 Å². The van der Waals surface area contributed by atoms with Gasteiger partial charge in [0.2, 0.25) is 5.91 Å². The molecule has 25 heavy (non-hydrogen) atoms. The standard InChI is InChI=1S/C19H22N2O3S/c1-14(22)21-10-9-20(18-12-25(23,24)13-19(18)21)11-16-7-4-6-15-5-2-3-8-17(15)16/h2-8,18-19H,9-13H2,1H3/t18-,19+/m1/s1. The van der Waals surface area contributed by atoms with Crippen molar-refractivity contribution in [2.75, 3.05) is 24.6 Å². The zero-order valence-electron chi connectivity index (χ0n) is 14.3. The maximum Gasteiger partial charge on any atom is 0.219 e. The van der Waals surface area contributed by atoms with Crippen LogP contribution in [-0.4, -0.2) is 60.8 Å². The third-order valence-electron chi connectivity index (χ3n) is 5.45. The molecule has 0 aliphatic carbocycles. The lowest BCUT2D eigenvalue weighted by Crippen LogP contribution is -2.59. The predicted molar refractivity (Wildman–Crippen MR) is 98.0 cm³/mol. The Balaban J connectivity index is 1.65. The van der Waals surface area contributed by atoms with E-state index in [0.717, 1.165) is 0 Å². The van der Waals surface area contributed by atoms with Crippen LogP contribution in [0.1, 0.15) is 12.5 Å². The van der Waals surface area contributed by atoms with Gasteiger partial charge in [0, 0.05) is 32.6 Å². The van der Waals surface area contributed by atoms with E-state index in [1.165, 1.54) is 23.3 Å². The van der Waals surface area contributed by atoms with E-state index >= 15 is 0 Å². The molecule has 2 fully saturated rings. The molecular formula is C19H22N2O3S. The van der Waals surface area contributed by atoms with Crippen molar-refractivity contribution in [1.82, 2.24) is 9.80 Å². The molecule has 0 bridgehead atoms. The molecule has 0 N–H and O–H groups in total. The summed E-state index contributed by atoms with van der Waals surface area (Å²) in [6.45, 7) is 3.54. The van der Waals surface area contributed by atoms with Gasteiger partial charge in [-0.15, -0.1) is 0 Å². The molecule has 0 aromatic heterocycles. The van der Waals surface area contributed by atoms with Gasteiger partial charge >= 0.3 is 0 Å². The summed E-state index contributed by atoms with van der Waals surface area (Å²) in [4.78, 5) is 15.9. The zero-order valence-corrected chi connectivity index (χ0v) is 15.1. The third kappa shape index (κ3) is 3.04. The van der Waals surface area contributed by atoms with Crippen molar-refractivity contribution in [2.24, 2.45) is 0 Å². The summed E-state index contributed by atoms with van der Waals surface area (Å²) in [5.41, 5.74) is 1.21. The van der Waals surface area contributed by atoms with Crippen LogP contribution >= 0.6 is 0 Å². The number of rotatable bonds is 2. The Morgan fingerprint density at radius 1 is 1.04 bits per heavy atom. The van der Waals surface area contributed by atoms with Crippen molar-refractivity contribution in [3.05, 3.63) is 48.0 Å². The van der Waals surface area contributed by atoms with Crippen LogP contribution in [0.3, 0.4) is 0 Å². The summed E-state index contributed by atoms with van der Waals surface area (Å²) in [5.74, 6) is 0.201. The highest BCUT2D eigenvalue weighted by Gasteiger charge is 2.47. The molecule has 0 unspecified atom stereocenters. The van der Waals surface area contributed by atoms with Gasteiger partial charge in [0.05, 0.1) is 17.5 Å². The first-order chi connectivity index (χ1) is 11.9. The smallest absolute Gasteiger partial charge is 0.219 e. The number of nitrogens with zero attached hydrogens (tertiary/aromatic N) is 2. The van der Waals surface area contributed by atoms with Crippen LogP contribution in [-0.2, 0) is 21.2 Å². The molecule has 2 heterocycles. The number of hydrogen-bond donors (Lipinski definition) is 0. The number of fused-ring (bicyclic) bond motifs is 2. The number of carbonyl (C=O) groups excluding carboxylic acids is 1. The average molecular weight is 358 g/mol. The topological polar surface area (TPSA) is 57.7 Å². The summed E-state index contributed by atoms with van der Waals surface area (Å²) in [6.07, 6.45) is 0. The summed E-state index contributed by atoms with van der Waals surface area (Å²) in [6, 6.07) is 14.2. The highest BCUT2D eigenvalue weighted by atomic mass is 32.2. The highest BCUT2D eigenvalue weighted by molar-refractivity contribution is 7.91. The van der Waals surface area contributed by atoms with Crippen LogP contribution in [0.25, 0.3) is 10.8 Å². The second kappa shape index (κ2) is 6.11. The van der Waals surface area contributed by atoms with E-state index < -0.39 is 9.84 Å². The fraction of sp³-hybridized carbons (Fsp3) is 0.421. The van der Waals surface area contributed by atoms with Gasteiger partial charge in [0.25, 0.3) is 0 Å². The van der Waals surface area contributed by atoms with Gasteiger partial charge in [-0.1, -0.05) is 42.5 Å². The molecule has 2 aromatic rings. The molecule has 0 radical (unpaired) electrons. The van der Waals surface area contributed by atoms with Crippen molar-refractivity contribution in [3.63, 3.8) is 0 Å². The quantitative estimate of drug-likeness (QED) is 0.819. The molecule has 2 aromatic carbocycles. The molecule has 6 heteroatoms. The summed E-state index contributed by atoms with van der Waals surface area (Å²) in [5, 5.41) is 2.40. The highest BCUT2D eigenvalue weighted by Crippen LogP contribution is 2.29. The van der Waals surface area contributed by atoms with E-state index in [0.29, 0.717) is 19.6 Å². The second-order valence-electron chi connectivity index (χ2n) is 7.03. The number of piperazine rings is 1. The van der Waals surface area contributed by atoms with Crippen molar-refractivity contribution in [2.45, 2.75) is 25.6 Å². The first-order valence-corrected chi connectivity index (χ1v) is 10.4. The molecule has 2 saturated heterocycles. The van der Waals surface area contributed by atoms with E-state index in [1.54, 1.807) is 4.90 Å². The summed E-state index contributed by atoms with van der Waals surface area (Å²) >= 11 is 0. The van der Waals surface area contributed by atoms with Gasteiger partial charge in [-0.3, -0.25) is 9.69 Å². The Kier molecular flexibility index (Phi) is 4.04. The predicted octanol–water partition coefficient (Wildman–Crippen LogP) is 1.67. The van der Waals surface area contributed by atoms with Gasteiger partial charge in [-0.2, -0.15) is 0 Å². The summed E-state index contributed by atoms with van der Waals surface area (Å²) in [7, 11) is -3.10. The minimum absolute atomic E-state index is 0.0306. The maximum atomic E-state index is 12.2. The zero-order chi connectivity index (χ0) is 17.6. The third-order valence-corrected chi connectivity index (χ3v) is 7.15. The van der Waals surface area contributed by atoms with Gasteiger partial charge in [-0.25, -0.2) is 8.42 Å². The van der Waals surface area contributed by atoms with E-state index in [4.69, 9.17) is 0 Å². The van der Waals surface area contributed by atoms with E-state index in [-0.39, 0.29) is 29.5 Å². The molecule has 132 valence electrons. The number of sulfone groups is 1. The van der Waals surface area contributed by atoms with Gasteiger partial charge in [0.15, 0.2) is 9.84 Å². The van der Waals surface area contributed by atoms with Crippen molar-refractivity contribution >= 4 is 26.5 Å². The molecule has 0 saturated carbocycles. The van der Waals surface area contributed by atoms with Gasteiger partial charge in [0.1, 0.15) is 0 Å². The fourth-order valence-electron chi connectivity index (χ4n) is 4.26. The number of carbonyl (C=O) groups is 1. The molecule has 5 nitrogen and oxygen atoms in total. The Hall–Kier alpha value is -1.92. The number of hydrogen-bond acceptors (Lipinski definition) is 4. The Morgan fingerprint density at radius 3 is 2.56 bits per heavy atom. The monoisotopic (exact) mass is 358 g/mol. The Bertz CT molecular complexity index is 920. The molecule has 2 aliphatic rings. The average Bonchev–Trinajstić information content (AvgIpc) is 2.90. The molecule has 0 spiro atoms. The Morgan fingerprint density at radius 2 is 1.76 bits per heavy atom. The number of amides is 1. The van der Waals surface area contributed by atoms with Crippen molar-refractivity contribution < 1.29 is 13.2 Å². The second-order valence-corrected chi connectivity index (χ2v) is 9.19. The Labute approximate surface area is 148 Å². The maximum absolute atomic E-state index is 12.2. The fourth-order valence-corrected chi connectivity index (χ4v) is 6.27. The molecular weight excluding hydrogens is 336 g/mol. The minimum atomic E-state index is -3.10. The lowest BCUT2D eigenvalue weighted by atomic mass is 10.0. The van der Waals surface area contributed by atoms with Crippen LogP contribution in [0.4, 0.5) is 0 Å². The van der Waals surface area contributed by atoms with Crippen LogP contribution in [0.2, 0.25) is 0 Å². The van der Waals surface area contributed by atoms with Crippen molar-refractivity contribution in [1.29, 1.82) is 0 Å². The SMILES string of the molecule is CC(=O)N1CCN(Cc2cccc3ccccc23)[C@@H]2CS(=O)(=O)C[C@@H]21. The lowest BCUT2D eigenvalue weighted by Gasteiger charge is -2.43. The van der Waals surface area contributed by atoms with Crippen molar-refractivity contribution in [3.8, 4) is 0 Å². The van der Waals surface area contributed by atoms with Crippen LogP contribution in [0.15, 0.2) is 42.5 Å². The summed E-state index contributed by atoms with van der Waals surface area (Å²) < 4.78 is 24.4.